The smallest absolute Gasteiger partial charge is 0.115 e. The zero-order chi connectivity index (χ0) is 25.3. The molecule has 2 spiro atoms. The molecule has 4 saturated carbocycles. The van der Waals surface area contributed by atoms with Gasteiger partial charge in [-0.25, -0.2) is 0 Å². The van der Waals surface area contributed by atoms with Gasteiger partial charge in [0, 0.05) is 18.4 Å². The van der Waals surface area contributed by atoms with Crippen molar-refractivity contribution >= 4 is 0 Å². The number of fused-ring (bicyclic) bond motifs is 5. The van der Waals surface area contributed by atoms with Gasteiger partial charge in [-0.05, 0) is 118 Å². The van der Waals surface area contributed by atoms with Crippen LogP contribution in [0.5, 0.6) is 5.75 Å². The molecule has 2 heterocycles. The van der Waals surface area contributed by atoms with Crippen LogP contribution in [0.2, 0.25) is 0 Å². The van der Waals surface area contributed by atoms with Gasteiger partial charge in [0.1, 0.15) is 5.75 Å². The van der Waals surface area contributed by atoms with Crippen molar-refractivity contribution in [1.29, 1.82) is 0 Å². The molecule has 7 aliphatic rings. The van der Waals surface area contributed by atoms with Crippen LogP contribution in [-0.4, -0.2) is 22.4 Å². The molecule has 3 N–H and O–H groups in total. The van der Waals surface area contributed by atoms with E-state index in [1.807, 2.05) is 12.1 Å². The molecule has 0 unspecified atom stereocenters. The molecular formula is C34H47NO2. The fraction of sp³-hybridized carbons (Fsp3) is 0.765. The van der Waals surface area contributed by atoms with E-state index in [9.17, 15) is 5.11 Å². The zero-order valence-corrected chi connectivity index (χ0v) is 22.9. The fourth-order valence-electron chi connectivity index (χ4n) is 10.8. The highest BCUT2D eigenvalue weighted by Crippen LogP contribution is 2.64. The lowest BCUT2D eigenvalue weighted by molar-refractivity contribution is -0.313. The van der Waals surface area contributed by atoms with Gasteiger partial charge in [0.2, 0.25) is 0 Å². The van der Waals surface area contributed by atoms with E-state index in [1.54, 1.807) is 0 Å². The predicted octanol–water partition coefficient (Wildman–Crippen LogP) is 6.93. The average molecular weight is 502 g/mol. The summed E-state index contributed by atoms with van der Waals surface area (Å²) in [7, 11) is 0. The second-order valence-electron chi connectivity index (χ2n) is 14.3. The molecule has 0 amide bonds. The summed E-state index contributed by atoms with van der Waals surface area (Å²) in [6, 6.07) is 6.12. The van der Waals surface area contributed by atoms with Crippen LogP contribution < -0.4 is 5.73 Å². The molecule has 37 heavy (non-hydrogen) atoms. The molecule has 6 fully saturated rings. The van der Waals surface area contributed by atoms with Crippen molar-refractivity contribution in [2.75, 3.05) is 0 Å². The number of phenols is 1. The summed E-state index contributed by atoms with van der Waals surface area (Å²) < 4.78 is 7.71. The first-order valence-corrected chi connectivity index (χ1v) is 15.7. The van der Waals surface area contributed by atoms with Crippen LogP contribution in [0.3, 0.4) is 0 Å². The van der Waals surface area contributed by atoms with E-state index in [4.69, 9.17) is 10.5 Å². The quantitative estimate of drug-likeness (QED) is 0.410. The number of ether oxygens (including phenoxy) is 1. The third-order valence-electron chi connectivity index (χ3n) is 12.4. The van der Waals surface area contributed by atoms with Gasteiger partial charge in [-0.2, -0.15) is 0 Å². The summed E-state index contributed by atoms with van der Waals surface area (Å²) in [5.41, 5.74) is 10.1. The Morgan fingerprint density at radius 3 is 2.57 bits per heavy atom. The van der Waals surface area contributed by atoms with Crippen molar-refractivity contribution in [3.05, 3.63) is 29.3 Å². The second kappa shape index (κ2) is 9.02. The minimum atomic E-state index is -0.194. The van der Waals surface area contributed by atoms with Crippen LogP contribution in [0.25, 0.3) is 0 Å². The molecule has 200 valence electrons. The second-order valence-corrected chi connectivity index (χ2v) is 14.3. The molecule has 4 bridgehead atoms. The van der Waals surface area contributed by atoms with E-state index in [0.717, 1.165) is 12.8 Å². The van der Waals surface area contributed by atoms with Crippen molar-refractivity contribution in [2.45, 2.75) is 127 Å². The first-order valence-electron chi connectivity index (χ1n) is 15.7. The van der Waals surface area contributed by atoms with Crippen LogP contribution in [0, 0.1) is 46.8 Å². The minimum Gasteiger partial charge on any atom is -0.508 e. The molecule has 0 radical (unpaired) electrons. The van der Waals surface area contributed by atoms with E-state index in [0.29, 0.717) is 41.3 Å². The summed E-state index contributed by atoms with van der Waals surface area (Å²) in [4.78, 5) is 0. The van der Waals surface area contributed by atoms with Gasteiger partial charge in [0.25, 0.3) is 0 Å². The summed E-state index contributed by atoms with van der Waals surface area (Å²) in [6.07, 6.45) is 20.4. The summed E-state index contributed by atoms with van der Waals surface area (Å²) in [5, 5.41) is 10.3. The monoisotopic (exact) mass is 501 g/mol. The molecule has 1 aromatic carbocycles. The van der Waals surface area contributed by atoms with Crippen molar-refractivity contribution in [1.82, 2.24) is 0 Å². The van der Waals surface area contributed by atoms with E-state index >= 15 is 0 Å². The molecule has 2 saturated heterocycles. The van der Waals surface area contributed by atoms with Crippen LogP contribution in [0.4, 0.5) is 0 Å². The van der Waals surface area contributed by atoms with Crippen LogP contribution >= 0.6 is 0 Å². The zero-order valence-electron chi connectivity index (χ0n) is 22.9. The third-order valence-corrected chi connectivity index (χ3v) is 12.4. The van der Waals surface area contributed by atoms with E-state index in [2.05, 4.69) is 24.8 Å². The van der Waals surface area contributed by atoms with Crippen molar-refractivity contribution in [2.24, 2.45) is 40.7 Å². The van der Waals surface area contributed by atoms with Gasteiger partial charge in [-0.3, -0.25) is 0 Å². The Morgan fingerprint density at radius 1 is 0.946 bits per heavy atom. The molecular weight excluding hydrogens is 454 g/mol. The van der Waals surface area contributed by atoms with Crippen molar-refractivity contribution in [3.63, 3.8) is 0 Å². The molecule has 0 aromatic heterocycles. The molecule has 7 atom stereocenters. The third kappa shape index (κ3) is 3.91. The molecule has 5 aliphatic carbocycles. The Bertz CT molecular complexity index is 1090. The topological polar surface area (TPSA) is 55.5 Å². The highest BCUT2D eigenvalue weighted by atomic mass is 16.5. The first-order chi connectivity index (χ1) is 17.9. The van der Waals surface area contributed by atoms with E-state index < -0.39 is 0 Å². The lowest BCUT2D eigenvalue weighted by Gasteiger charge is -2.67. The molecule has 1 aromatic rings. The number of hydrogen-bond donors (Lipinski definition) is 2. The first kappa shape index (κ1) is 24.5. The standard InChI is InChI=1S/C34H47NO2/c1-32(26-9-3-2-4-10-26)29-14-17-34(37-32)27-19-23(21-33(22-27)15-5-6-16-33)18-25-12-13-28(36)20-24(25)8-7-11-30(34)31(29)35/h12-13,20,23,26-27,29-31,36H,2-6,8-10,14-19,21-22,35H2,1H3/t23-,27+,29+,30+,31-,32+,34+/m0/s1. The maximum Gasteiger partial charge on any atom is 0.115 e. The number of benzene rings is 1. The maximum atomic E-state index is 10.3. The Balaban J connectivity index is 1.34. The molecule has 8 rings (SSSR count). The summed E-state index contributed by atoms with van der Waals surface area (Å²) in [5.74, 6) is 10.2. The SMILES string of the molecule is C[C@]1(C2CCCCC2)O[C@@]23CC[C@@H]1[C@H](N)[C@H]2C#CCc1cc(O)ccc1C[C@H]1C[C@@H]3CC2(CCCC2)C1. The number of rotatable bonds is 1. The van der Waals surface area contributed by atoms with Crippen LogP contribution in [-0.2, 0) is 17.6 Å². The molecule has 3 heteroatoms. The highest BCUT2D eigenvalue weighted by Gasteiger charge is 2.66. The fourth-order valence-corrected chi connectivity index (χ4v) is 10.8. The normalized spacial score (nSPS) is 42.8. The van der Waals surface area contributed by atoms with Gasteiger partial charge >= 0.3 is 0 Å². The van der Waals surface area contributed by atoms with Gasteiger partial charge in [0.15, 0.2) is 0 Å². The van der Waals surface area contributed by atoms with Crippen LogP contribution in [0.1, 0.15) is 108 Å². The highest BCUT2D eigenvalue weighted by molar-refractivity contribution is 5.38. The number of nitrogens with two attached hydrogens (primary N) is 1. The van der Waals surface area contributed by atoms with E-state index in [-0.39, 0.29) is 23.2 Å². The Labute approximate surface area is 224 Å². The molecule has 2 aliphatic heterocycles. The Morgan fingerprint density at radius 2 is 1.76 bits per heavy atom. The maximum absolute atomic E-state index is 10.3. The minimum absolute atomic E-state index is 0.0962. The van der Waals surface area contributed by atoms with Crippen LogP contribution in [0.15, 0.2) is 18.2 Å². The average Bonchev–Trinajstić information content (AvgIpc) is 3.33. The van der Waals surface area contributed by atoms with Crippen molar-refractivity contribution in [3.8, 4) is 17.6 Å². The Kier molecular flexibility index (Phi) is 5.98. The van der Waals surface area contributed by atoms with Crippen molar-refractivity contribution < 1.29 is 9.84 Å². The number of aromatic hydroxyl groups is 1. The number of phenolic OH excluding ortho intramolecular Hbond substituents is 1. The lowest BCUT2D eigenvalue weighted by atomic mass is 9.49. The predicted molar refractivity (Wildman–Crippen MR) is 148 cm³/mol. The largest absolute Gasteiger partial charge is 0.508 e. The summed E-state index contributed by atoms with van der Waals surface area (Å²) >= 11 is 0. The van der Waals surface area contributed by atoms with Gasteiger partial charge in [0.05, 0.1) is 17.1 Å². The van der Waals surface area contributed by atoms with Gasteiger partial charge < -0.3 is 15.6 Å². The van der Waals surface area contributed by atoms with Gasteiger partial charge in [-0.1, -0.05) is 50.0 Å². The lowest BCUT2D eigenvalue weighted by Crippen LogP contribution is -2.73. The van der Waals surface area contributed by atoms with Gasteiger partial charge in [-0.15, -0.1) is 0 Å². The van der Waals surface area contributed by atoms with E-state index in [1.165, 1.54) is 94.6 Å². The summed E-state index contributed by atoms with van der Waals surface area (Å²) in [6.45, 7) is 2.47. The number of hydrogen-bond acceptors (Lipinski definition) is 3. The Hall–Kier alpha value is -1.50. The molecule has 3 nitrogen and oxygen atoms in total.